The van der Waals surface area contributed by atoms with Crippen LogP contribution in [0.1, 0.15) is 12.0 Å². The number of hydrogen-bond donors (Lipinski definition) is 1. The largest absolute Gasteiger partial charge is 0.481 e. The fourth-order valence-corrected chi connectivity index (χ4v) is 2.25. The fourth-order valence-electron chi connectivity index (χ4n) is 2.25. The molecule has 2 rings (SSSR count). The number of carbonyl (C=O) groups excluding carboxylic acids is 1. The van der Waals surface area contributed by atoms with E-state index in [1.165, 1.54) is 0 Å². The van der Waals surface area contributed by atoms with Crippen LogP contribution in [0.15, 0.2) is 18.2 Å². The first-order valence-corrected chi connectivity index (χ1v) is 6.83. The number of amides is 1. The Morgan fingerprint density at radius 3 is 2.76 bits per heavy atom. The number of likely N-dealkylation sites (N-methyl/N-ethyl adjacent to an activating group) is 1. The number of hydrogen-bond acceptors (Lipinski definition) is 4. The normalized spacial score (nSPS) is 17.6. The number of anilines is 1. The summed E-state index contributed by atoms with van der Waals surface area (Å²) in [5.74, 6) is -0.771. The van der Waals surface area contributed by atoms with E-state index < -0.39 is 12.1 Å². The van der Waals surface area contributed by atoms with Crippen LogP contribution in [0.5, 0.6) is 5.75 Å². The molecule has 1 aromatic carbocycles. The van der Waals surface area contributed by atoms with Crippen molar-refractivity contribution in [1.82, 2.24) is 4.90 Å². The number of carbonyl (C=O) groups is 2. The molecule has 0 radical (unpaired) electrons. The number of ether oxygens (including phenoxy) is 1. The highest BCUT2D eigenvalue weighted by Crippen LogP contribution is 2.35. The van der Waals surface area contributed by atoms with Gasteiger partial charge in [-0.2, -0.15) is 0 Å². The van der Waals surface area contributed by atoms with E-state index in [4.69, 9.17) is 9.84 Å². The molecule has 0 fully saturated rings. The molecular formula is C15H20N2O4. The second kappa shape index (κ2) is 6.13. The van der Waals surface area contributed by atoms with Crippen molar-refractivity contribution in [3.05, 3.63) is 23.8 Å². The molecule has 0 saturated carbocycles. The van der Waals surface area contributed by atoms with E-state index in [-0.39, 0.29) is 12.3 Å². The lowest BCUT2D eigenvalue weighted by Crippen LogP contribution is -2.48. The van der Waals surface area contributed by atoms with Crippen LogP contribution in [0.4, 0.5) is 5.69 Å². The Morgan fingerprint density at radius 1 is 1.43 bits per heavy atom. The Labute approximate surface area is 123 Å². The van der Waals surface area contributed by atoms with E-state index in [9.17, 15) is 9.59 Å². The zero-order valence-corrected chi connectivity index (χ0v) is 12.5. The van der Waals surface area contributed by atoms with E-state index in [1.807, 2.05) is 44.1 Å². The Morgan fingerprint density at radius 2 is 2.14 bits per heavy atom. The molecule has 1 aromatic rings. The van der Waals surface area contributed by atoms with Gasteiger partial charge in [0.1, 0.15) is 5.75 Å². The van der Waals surface area contributed by atoms with Crippen LogP contribution in [0.25, 0.3) is 0 Å². The molecule has 0 aromatic heterocycles. The van der Waals surface area contributed by atoms with Gasteiger partial charge < -0.3 is 19.6 Å². The Hall–Kier alpha value is -2.08. The number of carboxylic acid groups (broad SMARTS) is 1. The van der Waals surface area contributed by atoms with Crippen molar-refractivity contribution in [2.45, 2.75) is 19.4 Å². The molecule has 114 valence electrons. The van der Waals surface area contributed by atoms with E-state index in [1.54, 1.807) is 4.90 Å². The standard InChI is InChI=1S/C15H20N2O4/c1-10-4-5-11-12(8-10)21-13(9-14(18)19)15(20)17(11)7-6-16(2)3/h4-5,8,13H,6-7,9H2,1-3H3,(H,18,19). The minimum Gasteiger partial charge on any atom is -0.481 e. The first-order chi connectivity index (χ1) is 9.88. The Kier molecular flexibility index (Phi) is 4.47. The molecule has 0 spiro atoms. The number of fused-ring (bicyclic) bond motifs is 1. The number of benzene rings is 1. The molecule has 6 nitrogen and oxygen atoms in total. The maximum atomic E-state index is 12.4. The Bertz CT molecular complexity index is 557. The molecule has 21 heavy (non-hydrogen) atoms. The van der Waals surface area contributed by atoms with Gasteiger partial charge in [-0.3, -0.25) is 9.59 Å². The van der Waals surface area contributed by atoms with Crippen LogP contribution >= 0.6 is 0 Å². The van der Waals surface area contributed by atoms with Crippen LogP contribution in [-0.2, 0) is 9.59 Å². The molecule has 1 heterocycles. The van der Waals surface area contributed by atoms with Crippen LogP contribution in [-0.4, -0.2) is 55.2 Å². The molecule has 1 unspecified atom stereocenters. The van der Waals surface area contributed by atoms with Gasteiger partial charge in [0.2, 0.25) is 0 Å². The van der Waals surface area contributed by atoms with Gasteiger partial charge in [-0.15, -0.1) is 0 Å². The van der Waals surface area contributed by atoms with Crippen LogP contribution in [0, 0.1) is 6.92 Å². The summed E-state index contributed by atoms with van der Waals surface area (Å²) in [5.41, 5.74) is 1.71. The average Bonchev–Trinajstić information content (AvgIpc) is 2.38. The maximum absolute atomic E-state index is 12.4. The lowest BCUT2D eigenvalue weighted by atomic mass is 10.1. The SMILES string of the molecule is Cc1ccc2c(c1)OC(CC(=O)O)C(=O)N2CCN(C)C. The van der Waals surface area contributed by atoms with Gasteiger partial charge in [0.25, 0.3) is 5.91 Å². The van der Waals surface area contributed by atoms with Crippen molar-refractivity contribution < 1.29 is 19.4 Å². The van der Waals surface area contributed by atoms with E-state index in [0.717, 1.165) is 5.56 Å². The summed E-state index contributed by atoms with van der Waals surface area (Å²) < 4.78 is 5.59. The smallest absolute Gasteiger partial charge is 0.307 e. The van der Waals surface area contributed by atoms with Gasteiger partial charge in [0.05, 0.1) is 12.1 Å². The van der Waals surface area contributed by atoms with Crippen LogP contribution < -0.4 is 9.64 Å². The fraction of sp³-hybridized carbons (Fsp3) is 0.467. The number of rotatable bonds is 5. The van der Waals surface area contributed by atoms with Gasteiger partial charge in [-0.25, -0.2) is 0 Å². The number of nitrogens with zero attached hydrogens (tertiary/aromatic N) is 2. The number of aryl methyl sites for hydroxylation is 1. The number of aliphatic carboxylic acids is 1. The second-order valence-electron chi connectivity index (χ2n) is 5.47. The minimum absolute atomic E-state index is 0.296. The van der Waals surface area contributed by atoms with Gasteiger partial charge in [0, 0.05) is 13.1 Å². The molecule has 1 aliphatic heterocycles. The van der Waals surface area contributed by atoms with Gasteiger partial charge in [-0.05, 0) is 38.7 Å². The van der Waals surface area contributed by atoms with Gasteiger partial charge in [0.15, 0.2) is 6.10 Å². The predicted molar refractivity (Wildman–Crippen MR) is 78.8 cm³/mol. The molecule has 1 N–H and O–H groups in total. The van der Waals surface area contributed by atoms with Crippen molar-refractivity contribution in [3.63, 3.8) is 0 Å². The first-order valence-electron chi connectivity index (χ1n) is 6.83. The summed E-state index contributed by atoms with van der Waals surface area (Å²) in [6.45, 7) is 3.12. The van der Waals surface area contributed by atoms with Crippen LogP contribution in [0.2, 0.25) is 0 Å². The maximum Gasteiger partial charge on any atom is 0.307 e. The average molecular weight is 292 g/mol. The molecule has 0 bridgehead atoms. The highest BCUT2D eigenvalue weighted by Gasteiger charge is 2.35. The summed E-state index contributed by atoms with van der Waals surface area (Å²) >= 11 is 0. The summed E-state index contributed by atoms with van der Waals surface area (Å²) in [6, 6.07) is 5.59. The zero-order valence-electron chi connectivity index (χ0n) is 12.5. The first kappa shape index (κ1) is 15.3. The lowest BCUT2D eigenvalue weighted by Gasteiger charge is -2.34. The second-order valence-corrected chi connectivity index (χ2v) is 5.47. The van der Waals surface area contributed by atoms with Crippen molar-refractivity contribution in [2.24, 2.45) is 0 Å². The van der Waals surface area contributed by atoms with Gasteiger partial charge >= 0.3 is 5.97 Å². The van der Waals surface area contributed by atoms with E-state index in [2.05, 4.69) is 0 Å². The molecular weight excluding hydrogens is 272 g/mol. The van der Waals surface area contributed by atoms with Crippen molar-refractivity contribution in [2.75, 3.05) is 32.1 Å². The number of carboxylic acids is 1. The molecule has 1 atom stereocenters. The summed E-state index contributed by atoms with van der Waals surface area (Å²) in [4.78, 5) is 26.9. The predicted octanol–water partition coefficient (Wildman–Crippen LogP) is 1.13. The van der Waals surface area contributed by atoms with Crippen molar-refractivity contribution in [1.29, 1.82) is 0 Å². The third-order valence-corrected chi connectivity index (χ3v) is 3.35. The van der Waals surface area contributed by atoms with Crippen molar-refractivity contribution in [3.8, 4) is 5.75 Å². The monoisotopic (exact) mass is 292 g/mol. The molecule has 0 saturated heterocycles. The third-order valence-electron chi connectivity index (χ3n) is 3.35. The molecule has 1 aliphatic rings. The van der Waals surface area contributed by atoms with Crippen LogP contribution in [0.3, 0.4) is 0 Å². The third kappa shape index (κ3) is 3.52. The molecule has 1 amide bonds. The summed E-state index contributed by atoms with van der Waals surface area (Å²) in [6.07, 6.45) is -1.29. The highest BCUT2D eigenvalue weighted by molar-refractivity contribution is 6.01. The highest BCUT2D eigenvalue weighted by atomic mass is 16.5. The van der Waals surface area contributed by atoms with E-state index in [0.29, 0.717) is 24.5 Å². The zero-order chi connectivity index (χ0) is 15.6. The van der Waals surface area contributed by atoms with E-state index >= 15 is 0 Å². The minimum atomic E-state index is -1.04. The Balaban J connectivity index is 2.32. The van der Waals surface area contributed by atoms with Crippen molar-refractivity contribution >= 4 is 17.6 Å². The molecule has 6 heteroatoms. The summed E-state index contributed by atoms with van der Waals surface area (Å²) in [5, 5.41) is 8.93. The quantitative estimate of drug-likeness (QED) is 0.881. The lowest BCUT2D eigenvalue weighted by molar-refractivity contribution is -0.142. The molecule has 0 aliphatic carbocycles. The van der Waals surface area contributed by atoms with Gasteiger partial charge in [-0.1, -0.05) is 6.07 Å². The topological polar surface area (TPSA) is 70.1 Å². The summed E-state index contributed by atoms with van der Waals surface area (Å²) in [7, 11) is 3.85.